The van der Waals surface area contributed by atoms with E-state index in [1.54, 1.807) is 6.07 Å². The summed E-state index contributed by atoms with van der Waals surface area (Å²) in [5.74, 6) is 1.92. The number of rotatable bonds is 4. The van der Waals surface area contributed by atoms with Crippen LogP contribution in [0.5, 0.6) is 0 Å². The maximum atomic E-state index is 9.41. The Kier molecular flexibility index (Phi) is 5.93. The number of nitrogens with one attached hydrogen (secondary N) is 1. The van der Waals surface area contributed by atoms with Crippen molar-refractivity contribution in [3.63, 3.8) is 0 Å². The van der Waals surface area contributed by atoms with Gasteiger partial charge in [0.25, 0.3) is 0 Å². The fourth-order valence-electron chi connectivity index (χ4n) is 4.23. The van der Waals surface area contributed by atoms with Crippen molar-refractivity contribution in [2.75, 3.05) is 39.7 Å². The van der Waals surface area contributed by atoms with Gasteiger partial charge in [0, 0.05) is 24.7 Å². The molecule has 32 heavy (non-hydrogen) atoms. The molecule has 6 nitrogen and oxygen atoms in total. The third-order valence-corrected chi connectivity index (χ3v) is 6.30. The third-order valence-electron chi connectivity index (χ3n) is 5.69. The molecule has 0 spiro atoms. The number of fused-ring (bicyclic) bond motifs is 2. The summed E-state index contributed by atoms with van der Waals surface area (Å²) in [6.07, 6.45) is 4.11. The number of halogens is 2. The number of benzene rings is 2. The molecule has 1 N–H and O–H groups in total. The highest BCUT2D eigenvalue weighted by Crippen LogP contribution is 2.45. The first-order valence-electron chi connectivity index (χ1n) is 10.4. The maximum absolute atomic E-state index is 9.41. The van der Waals surface area contributed by atoms with Crippen molar-refractivity contribution < 1.29 is 0 Å². The fourth-order valence-corrected chi connectivity index (χ4v) is 4.63. The monoisotopic (exact) mass is 464 g/mol. The average Bonchev–Trinajstić information content (AvgIpc) is 3.28. The predicted molar refractivity (Wildman–Crippen MR) is 133 cm³/mol. The van der Waals surface area contributed by atoms with E-state index >= 15 is 0 Å². The lowest BCUT2D eigenvalue weighted by molar-refractivity contribution is 0.898. The summed E-state index contributed by atoms with van der Waals surface area (Å²) in [5, 5.41) is 13.7. The molecule has 0 aliphatic carbocycles. The van der Waals surface area contributed by atoms with E-state index in [2.05, 4.69) is 57.8 Å². The Morgan fingerprint density at radius 1 is 0.938 bits per heavy atom. The van der Waals surface area contributed by atoms with Crippen molar-refractivity contribution in [2.24, 2.45) is 0 Å². The van der Waals surface area contributed by atoms with Crippen molar-refractivity contribution in [1.29, 1.82) is 5.26 Å². The van der Waals surface area contributed by atoms with Gasteiger partial charge in [-0.1, -0.05) is 23.2 Å². The summed E-state index contributed by atoms with van der Waals surface area (Å²) in [5.41, 5.74) is 4.69. The molecule has 0 radical (unpaired) electrons. The van der Waals surface area contributed by atoms with Crippen LogP contribution in [0.2, 0.25) is 10.0 Å². The average molecular weight is 465 g/mol. The number of allylic oxidation sites excluding steroid dienone is 2. The minimum absolute atomic E-state index is 0.430. The first-order valence-corrected chi connectivity index (χ1v) is 11.2. The first kappa shape index (κ1) is 21.9. The molecule has 8 heteroatoms. The Hall–Kier alpha value is -3.32. The zero-order valence-electron chi connectivity index (χ0n) is 18.1. The van der Waals surface area contributed by atoms with Crippen LogP contribution >= 0.6 is 23.2 Å². The molecule has 0 unspecified atom stereocenters. The number of nitrogens with zero attached hydrogens (tertiary/aromatic N) is 5. The van der Waals surface area contributed by atoms with E-state index in [1.807, 2.05) is 24.3 Å². The van der Waals surface area contributed by atoms with Gasteiger partial charge < -0.3 is 20.0 Å². The van der Waals surface area contributed by atoms with Gasteiger partial charge in [-0.3, -0.25) is 0 Å². The topological polar surface area (TPSA) is 49.9 Å². The molecule has 0 aromatic heterocycles. The van der Waals surface area contributed by atoms with E-state index in [1.165, 1.54) is 0 Å². The number of anilines is 4. The highest BCUT2D eigenvalue weighted by molar-refractivity contribution is 6.34. The Balaban J connectivity index is 1.76. The van der Waals surface area contributed by atoms with Gasteiger partial charge >= 0.3 is 0 Å². The van der Waals surface area contributed by atoms with Gasteiger partial charge in [-0.2, -0.15) is 5.26 Å². The van der Waals surface area contributed by atoms with Crippen LogP contribution in [-0.4, -0.2) is 19.6 Å². The maximum Gasteiger partial charge on any atom is 0.207 e. The molecule has 2 aliphatic heterocycles. The van der Waals surface area contributed by atoms with Crippen molar-refractivity contribution in [1.82, 2.24) is 0 Å². The second kappa shape index (κ2) is 8.67. The van der Waals surface area contributed by atoms with E-state index in [9.17, 15) is 5.26 Å². The zero-order chi connectivity index (χ0) is 23.0. The van der Waals surface area contributed by atoms with Crippen LogP contribution in [0.25, 0.3) is 4.85 Å². The summed E-state index contributed by atoms with van der Waals surface area (Å²) in [4.78, 5) is 10.00. The van der Waals surface area contributed by atoms with Crippen LogP contribution in [0.1, 0.15) is 26.3 Å². The summed E-state index contributed by atoms with van der Waals surface area (Å²) in [6.45, 7) is 15.8. The Bertz CT molecular complexity index is 1230. The van der Waals surface area contributed by atoms with Crippen LogP contribution in [0.4, 0.5) is 28.4 Å². The van der Waals surface area contributed by atoms with Crippen molar-refractivity contribution in [3.8, 4) is 6.07 Å². The zero-order valence-corrected chi connectivity index (χ0v) is 19.6. The van der Waals surface area contributed by atoms with Gasteiger partial charge in [-0.25, -0.2) is 4.85 Å². The summed E-state index contributed by atoms with van der Waals surface area (Å²) in [7, 11) is 0. The van der Waals surface area contributed by atoms with Crippen LogP contribution in [0.3, 0.4) is 0 Å². The number of hydrogen-bond donors (Lipinski definition) is 1. The molecule has 4 rings (SSSR count). The molecule has 0 bridgehead atoms. The third kappa shape index (κ3) is 3.42. The van der Waals surface area contributed by atoms with Crippen LogP contribution in [-0.2, 0) is 0 Å². The van der Waals surface area contributed by atoms with Gasteiger partial charge in [0.15, 0.2) is 0 Å². The molecule has 2 aliphatic rings. The number of hydrogen-bond acceptors (Lipinski definition) is 5. The minimum atomic E-state index is 0.430. The predicted octanol–water partition coefficient (Wildman–Crippen LogP) is 6.72. The van der Waals surface area contributed by atoms with Gasteiger partial charge in [0.2, 0.25) is 5.69 Å². The Labute approximate surface area is 198 Å². The lowest BCUT2D eigenvalue weighted by atomic mass is 10.2. The van der Waals surface area contributed by atoms with Crippen LogP contribution in [0.15, 0.2) is 48.1 Å². The van der Waals surface area contributed by atoms with E-state index < -0.39 is 0 Å². The highest BCUT2D eigenvalue weighted by Gasteiger charge is 2.31. The normalized spacial score (nSPS) is 16.8. The molecule has 0 saturated heterocycles. The molecule has 2 aromatic carbocycles. The quantitative estimate of drug-likeness (QED) is 0.508. The summed E-state index contributed by atoms with van der Waals surface area (Å²) < 4.78 is 0. The lowest BCUT2D eigenvalue weighted by Gasteiger charge is -2.23. The fraction of sp³-hybridized carbons (Fsp3) is 0.250. The van der Waals surface area contributed by atoms with Gasteiger partial charge in [0.1, 0.15) is 17.7 Å². The van der Waals surface area contributed by atoms with Crippen molar-refractivity contribution in [3.05, 3.63) is 75.1 Å². The SMILES string of the molecule is [C-]#[N+]c1cc2c(cc1Cl)N(CC)C(=CC=C1N(CC)c3cc(Cl)c(C#N)cc3N1CC)N2. The smallest absolute Gasteiger partial charge is 0.207 e. The van der Waals surface area contributed by atoms with E-state index in [-0.39, 0.29) is 0 Å². The summed E-state index contributed by atoms with van der Waals surface area (Å²) >= 11 is 12.6. The van der Waals surface area contributed by atoms with E-state index in [0.717, 1.165) is 54.0 Å². The summed E-state index contributed by atoms with van der Waals surface area (Å²) in [6, 6.07) is 9.52. The molecule has 2 heterocycles. The standard InChI is InChI=1S/C24H22Cl2N6/c1-5-30-20-12-17(26)18(28-4)13-19(20)29-23(30)8-9-24-31(6-2)21-10-15(14-27)16(25)11-22(21)32(24)7-3/h8-13,29H,5-7H2,1-3H3. The molecule has 2 aromatic rings. The largest absolute Gasteiger partial charge is 0.341 e. The first-order chi connectivity index (χ1) is 15.5. The van der Waals surface area contributed by atoms with Gasteiger partial charge in [-0.05, 0) is 57.2 Å². The van der Waals surface area contributed by atoms with Crippen molar-refractivity contribution in [2.45, 2.75) is 20.8 Å². The van der Waals surface area contributed by atoms with Crippen LogP contribution in [0, 0.1) is 17.9 Å². The molecule has 0 saturated carbocycles. The molecular weight excluding hydrogens is 443 g/mol. The minimum Gasteiger partial charge on any atom is -0.341 e. The Morgan fingerprint density at radius 3 is 2.16 bits per heavy atom. The second-order valence-corrected chi connectivity index (χ2v) is 8.11. The Morgan fingerprint density at radius 2 is 1.56 bits per heavy atom. The van der Waals surface area contributed by atoms with Crippen molar-refractivity contribution >= 4 is 51.6 Å². The lowest BCUT2D eigenvalue weighted by Crippen LogP contribution is -2.28. The molecule has 0 fully saturated rings. The number of nitriles is 1. The second-order valence-electron chi connectivity index (χ2n) is 7.30. The van der Waals surface area contributed by atoms with Crippen LogP contribution < -0.4 is 20.0 Å². The van der Waals surface area contributed by atoms with Gasteiger partial charge in [-0.15, -0.1) is 0 Å². The molecule has 0 amide bonds. The van der Waals surface area contributed by atoms with E-state index in [4.69, 9.17) is 29.8 Å². The molecule has 162 valence electrons. The molecular formula is C24H22Cl2N6. The van der Waals surface area contributed by atoms with E-state index in [0.29, 0.717) is 21.3 Å². The highest BCUT2D eigenvalue weighted by atomic mass is 35.5. The van der Waals surface area contributed by atoms with Gasteiger partial charge in [0.05, 0.1) is 39.9 Å². The molecule has 0 atom stereocenters.